The van der Waals surface area contributed by atoms with Gasteiger partial charge in [-0.3, -0.25) is 4.79 Å². The molecule has 1 aromatic carbocycles. The Bertz CT molecular complexity index is 344. The van der Waals surface area contributed by atoms with Crippen LogP contribution in [0, 0.1) is 5.92 Å². The third-order valence-electron chi connectivity index (χ3n) is 2.57. The summed E-state index contributed by atoms with van der Waals surface area (Å²) in [5.74, 6) is 0.479. The van der Waals surface area contributed by atoms with Crippen molar-refractivity contribution in [3.8, 4) is 0 Å². The van der Waals surface area contributed by atoms with Gasteiger partial charge >= 0.3 is 0 Å². The maximum absolute atomic E-state index is 12.0. The van der Waals surface area contributed by atoms with Crippen LogP contribution in [-0.4, -0.2) is 5.78 Å². The summed E-state index contributed by atoms with van der Waals surface area (Å²) in [6, 6.07) is 8.03. The lowest BCUT2D eigenvalue weighted by atomic mass is 9.87. The maximum Gasteiger partial charge on any atom is 0.142 e. The van der Waals surface area contributed by atoms with Crippen LogP contribution in [0.25, 0.3) is 0 Å². The van der Waals surface area contributed by atoms with E-state index >= 15 is 0 Å². The van der Waals surface area contributed by atoms with Gasteiger partial charge in [-0.1, -0.05) is 48.8 Å². The Morgan fingerprint density at radius 1 is 1.40 bits per heavy atom. The number of hydrogen-bond acceptors (Lipinski definition) is 1. The fourth-order valence-electron chi connectivity index (χ4n) is 1.73. The monoisotopic (exact) mass is 268 g/mol. The van der Waals surface area contributed by atoms with Crippen molar-refractivity contribution in [2.75, 3.05) is 0 Å². The van der Waals surface area contributed by atoms with Crippen LogP contribution in [0.3, 0.4) is 0 Å². The Labute approximate surface area is 100 Å². The number of benzene rings is 1. The third-order valence-corrected chi connectivity index (χ3v) is 3.07. The molecule has 1 rings (SSSR count). The molecule has 0 saturated heterocycles. The first-order valence-corrected chi connectivity index (χ1v) is 6.14. The first-order chi connectivity index (χ1) is 7.06. The highest BCUT2D eigenvalue weighted by atomic mass is 79.9. The smallest absolute Gasteiger partial charge is 0.142 e. The average molecular weight is 269 g/mol. The van der Waals surface area contributed by atoms with Crippen molar-refractivity contribution in [2.45, 2.75) is 33.1 Å². The second kappa shape index (κ2) is 5.45. The Balaban J connectivity index is 2.97. The summed E-state index contributed by atoms with van der Waals surface area (Å²) in [6.45, 7) is 5.98. The molecule has 0 spiro atoms. The molecular weight excluding hydrogens is 252 g/mol. The molecule has 0 aliphatic heterocycles. The highest BCUT2D eigenvalue weighted by Crippen LogP contribution is 2.25. The molecule has 0 aliphatic carbocycles. The van der Waals surface area contributed by atoms with E-state index in [2.05, 4.69) is 22.9 Å². The van der Waals surface area contributed by atoms with Gasteiger partial charge in [0.2, 0.25) is 0 Å². The van der Waals surface area contributed by atoms with Crippen LogP contribution in [0.4, 0.5) is 0 Å². The molecule has 0 N–H and O–H groups in total. The first-order valence-electron chi connectivity index (χ1n) is 5.35. The lowest BCUT2D eigenvalue weighted by Gasteiger charge is -2.16. The van der Waals surface area contributed by atoms with Crippen molar-refractivity contribution in [2.24, 2.45) is 5.92 Å². The minimum Gasteiger partial charge on any atom is -0.299 e. The lowest BCUT2D eigenvalue weighted by Crippen LogP contribution is -2.17. The quantitative estimate of drug-likeness (QED) is 0.801. The number of carbonyl (C=O) groups is 1. The van der Waals surface area contributed by atoms with Crippen molar-refractivity contribution >= 4 is 21.7 Å². The topological polar surface area (TPSA) is 17.1 Å². The molecule has 0 radical (unpaired) electrons. The lowest BCUT2D eigenvalue weighted by molar-refractivity contribution is -0.123. The summed E-state index contributed by atoms with van der Waals surface area (Å²) in [4.78, 5) is 12.0. The highest BCUT2D eigenvalue weighted by molar-refractivity contribution is 9.10. The Kier molecular flexibility index (Phi) is 4.52. The fraction of sp³-hybridized carbons (Fsp3) is 0.462. The van der Waals surface area contributed by atoms with E-state index in [1.165, 1.54) is 0 Å². The van der Waals surface area contributed by atoms with E-state index in [0.29, 0.717) is 5.78 Å². The van der Waals surface area contributed by atoms with Crippen LogP contribution in [0.5, 0.6) is 0 Å². The second-order valence-corrected chi connectivity index (χ2v) is 4.99. The molecule has 2 heteroatoms. The molecule has 15 heavy (non-hydrogen) atoms. The van der Waals surface area contributed by atoms with Crippen molar-refractivity contribution < 1.29 is 4.79 Å². The molecular formula is C13H17BrO. The van der Waals surface area contributed by atoms with Gasteiger partial charge in [-0.05, 0) is 24.1 Å². The number of rotatable bonds is 4. The zero-order chi connectivity index (χ0) is 11.4. The van der Waals surface area contributed by atoms with Gasteiger partial charge in [-0.15, -0.1) is 0 Å². The van der Waals surface area contributed by atoms with Crippen LogP contribution < -0.4 is 0 Å². The van der Waals surface area contributed by atoms with E-state index in [1.807, 2.05) is 38.1 Å². The summed E-state index contributed by atoms with van der Waals surface area (Å²) in [5.41, 5.74) is 1.12. The van der Waals surface area contributed by atoms with Crippen molar-refractivity contribution in [3.05, 3.63) is 34.3 Å². The standard InChI is InChI=1S/C13H17BrO/c1-4-12(13(15)9(2)3)10-6-5-7-11(14)8-10/h5-9,12H,4H2,1-3H3. The van der Waals surface area contributed by atoms with Gasteiger partial charge in [0.05, 0.1) is 0 Å². The number of hydrogen-bond donors (Lipinski definition) is 0. The Morgan fingerprint density at radius 2 is 2.07 bits per heavy atom. The van der Waals surface area contributed by atoms with Crippen LogP contribution >= 0.6 is 15.9 Å². The van der Waals surface area contributed by atoms with Gasteiger partial charge in [0.15, 0.2) is 0 Å². The summed E-state index contributed by atoms with van der Waals surface area (Å²) >= 11 is 3.43. The summed E-state index contributed by atoms with van der Waals surface area (Å²) < 4.78 is 1.04. The summed E-state index contributed by atoms with van der Waals surface area (Å²) in [6.07, 6.45) is 0.869. The fourth-order valence-corrected chi connectivity index (χ4v) is 2.14. The molecule has 0 fully saturated rings. The SMILES string of the molecule is CCC(C(=O)C(C)C)c1cccc(Br)c1. The zero-order valence-electron chi connectivity index (χ0n) is 9.46. The van der Waals surface area contributed by atoms with Crippen molar-refractivity contribution in [1.82, 2.24) is 0 Å². The molecule has 1 aromatic rings. The molecule has 1 unspecified atom stereocenters. The van der Waals surface area contributed by atoms with E-state index in [0.717, 1.165) is 16.5 Å². The van der Waals surface area contributed by atoms with E-state index < -0.39 is 0 Å². The maximum atomic E-state index is 12.0. The normalized spacial score (nSPS) is 12.9. The van der Waals surface area contributed by atoms with E-state index in [4.69, 9.17) is 0 Å². The number of halogens is 1. The third kappa shape index (κ3) is 3.16. The van der Waals surface area contributed by atoms with Gasteiger partial charge < -0.3 is 0 Å². The predicted molar refractivity (Wildman–Crippen MR) is 67.0 cm³/mol. The minimum absolute atomic E-state index is 0.0440. The van der Waals surface area contributed by atoms with Crippen LogP contribution in [0.1, 0.15) is 38.7 Å². The predicted octanol–water partition coefficient (Wildman–Crippen LogP) is 4.17. The Hall–Kier alpha value is -0.630. The van der Waals surface area contributed by atoms with Crippen LogP contribution in [0.2, 0.25) is 0 Å². The first kappa shape index (κ1) is 12.4. The van der Waals surface area contributed by atoms with Crippen molar-refractivity contribution in [3.63, 3.8) is 0 Å². The van der Waals surface area contributed by atoms with Gasteiger partial charge in [0.25, 0.3) is 0 Å². The van der Waals surface area contributed by atoms with Crippen molar-refractivity contribution in [1.29, 1.82) is 0 Å². The van der Waals surface area contributed by atoms with Gasteiger partial charge in [-0.2, -0.15) is 0 Å². The van der Waals surface area contributed by atoms with Crippen LogP contribution in [0.15, 0.2) is 28.7 Å². The molecule has 0 aliphatic rings. The number of carbonyl (C=O) groups excluding carboxylic acids is 1. The van der Waals surface area contributed by atoms with E-state index in [1.54, 1.807) is 0 Å². The summed E-state index contributed by atoms with van der Waals surface area (Å²) in [5, 5.41) is 0. The second-order valence-electron chi connectivity index (χ2n) is 4.07. The molecule has 1 nitrogen and oxygen atoms in total. The highest BCUT2D eigenvalue weighted by Gasteiger charge is 2.21. The van der Waals surface area contributed by atoms with Gasteiger partial charge in [0.1, 0.15) is 5.78 Å². The molecule has 0 bridgehead atoms. The molecule has 0 heterocycles. The molecule has 0 saturated carbocycles. The molecule has 82 valence electrons. The number of Topliss-reactive ketones (excluding diaryl/α,β-unsaturated/α-hetero) is 1. The Morgan fingerprint density at radius 3 is 2.53 bits per heavy atom. The molecule has 1 atom stereocenters. The van der Waals surface area contributed by atoms with E-state index in [-0.39, 0.29) is 11.8 Å². The summed E-state index contributed by atoms with van der Waals surface area (Å²) in [7, 11) is 0. The van der Waals surface area contributed by atoms with E-state index in [9.17, 15) is 4.79 Å². The van der Waals surface area contributed by atoms with Gasteiger partial charge in [0, 0.05) is 16.3 Å². The zero-order valence-corrected chi connectivity index (χ0v) is 11.0. The average Bonchev–Trinajstić information content (AvgIpc) is 2.18. The van der Waals surface area contributed by atoms with Crippen LogP contribution in [-0.2, 0) is 4.79 Å². The molecule has 0 amide bonds. The minimum atomic E-state index is 0.0440. The number of ketones is 1. The molecule has 0 aromatic heterocycles. The van der Waals surface area contributed by atoms with Gasteiger partial charge in [-0.25, -0.2) is 0 Å². The largest absolute Gasteiger partial charge is 0.299 e.